The van der Waals surface area contributed by atoms with Gasteiger partial charge >= 0.3 is 11.3 Å². The third kappa shape index (κ3) is 4.73. The Balaban J connectivity index is 2.00. The first-order valence-corrected chi connectivity index (χ1v) is 10.9. The molecule has 1 aromatic carbocycles. The van der Waals surface area contributed by atoms with Gasteiger partial charge in [-0.05, 0) is 44.4 Å². The average Bonchev–Trinajstić information content (AvgIpc) is 2.87. The van der Waals surface area contributed by atoms with Gasteiger partial charge in [-0.25, -0.2) is 14.6 Å². The molecular formula is C26H28N2O5. The Morgan fingerprint density at radius 1 is 0.970 bits per heavy atom. The quantitative estimate of drug-likeness (QED) is 0.350. The number of rotatable bonds is 4. The van der Waals surface area contributed by atoms with Gasteiger partial charge in [0.05, 0.1) is 5.69 Å². The Bertz CT molecular complexity index is 1470. The summed E-state index contributed by atoms with van der Waals surface area (Å²) in [5.74, 6) is 0.0438. The molecule has 0 radical (unpaired) electrons. The van der Waals surface area contributed by atoms with Crippen molar-refractivity contribution in [2.45, 2.75) is 60.0 Å². The van der Waals surface area contributed by atoms with Crippen LogP contribution in [0.3, 0.4) is 0 Å². The summed E-state index contributed by atoms with van der Waals surface area (Å²) < 4.78 is 10.7. The molecule has 0 atom stereocenters. The third-order valence-corrected chi connectivity index (χ3v) is 5.29. The predicted octanol–water partition coefficient (Wildman–Crippen LogP) is 4.91. The molecule has 0 amide bonds. The molecular weight excluding hydrogens is 420 g/mol. The molecule has 0 bridgehead atoms. The fourth-order valence-corrected chi connectivity index (χ4v) is 3.77. The molecule has 0 fully saturated rings. The number of ketones is 1. The van der Waals surface area contributed by atoms with Crippen LogP contribution in [-0.2, 0) is 6.54 Å². The second kappa shape index (κ2) is 7.92. The molecule has 1 aliphatic heterocycles. The van der Waals surface area contributed by atoms with Crippen molar-refractivity contribution in [1.82, 2.24) is 10.3 Å². The van der Waals surface area contributed by atoms with Crippen LogP contribution in [0.2, 0.25) is 0 Å². The monoisotopic (exact) mass is 448 g/mol. The number of carbonyl (C=O) groups excluding carboxylic acids is 1. The number of Topliss-reactive ketones (excluding diaryl/α,β-unsaturated/α-hetero) is 1. The number of fused-ring (bicyclic) bond motifs is 5. The second-order valence-electron chi connectivity index (χ2n) is 10.7. The number of benzene rings is 1. The van der Waals surface area contributed by atoms with Crippen LogP contribution >= 0.6 is 0 Å². The topological polar surface area (TPSA) is 102 Å². The van der Waals surface area contributed by atoms with E-state index in [1.165, 1.54) is 0 Å². The van der Waals surface area contributed by atoms with Gasteiger partial charge in [-0.15, -0.1) is 0 Å². The molecule has 0 spiro atoms. The number of hydrogen-bond acceptors (Lipinski definition) is 7. The van der Waals surface area contributed by atoms with Crippen LogP contribution in [0.25, 0.3) is 33.3 Å². The standard InChI is InChI=1S/C26H28N2O5/c1-25(2,3)12-19(29)14-8-7-9-18-16(10-14)17-11-15(13-27-26(4,5)6)21-22(20(17)28-18)33-24(31)23(30)32-21/h7-11,27H,12-13H2,1-6H3. The molecule has 1 aromatic heterocycles. The van der Waals surface area contributed by atoms with Gasteiger partial charge in [0.1, 0.15) is 5.52 Å². The minimum absolute atomic E-state index is 0.0438. The molecule has 4 rings (SSSR count). The molecule has 7 nitrogen and oxygen atoms in total. The molecule has 1 aliphatic carbocycles. The van der Waals surface area contributed by atoms with E-state index in [9.17, 15) is 14.4 Å². The highest BCUT2D eigenvalue weighted by atomic mass is 16.5. The minimum atomic E-state index is -1.08. The minimum Gasteiger partial charge on any atom is -0.414 e. The maximum absolute atomic E-state index is 12.9. The number of aromatic nitrogens is 1. The molecule has 2 aromatic rings. The van der Waals surface area contributed by atoms with E-state index < -0.39 is 11.3 Å². The molecule has 33 heavy (non-hydrogen) atoms. The van der Waals surface area contributed by atoms with Crippen LogP contribution < -0.4 is 16.6 Å². The second-order valence-corrected chi connectivity index (χ2v) is 10.7. The van der Waals surface area contributed by atoms with E-state index in [1.807, 2.05) is 59.7 Å². The highest BCUT2D eigenvalue weighted by Crippen LogP contribution is 2.37. The van der Waals surface area contributed by atoms with E-state index in [-0.39, 0.29) is 27.9 Å². The maximum atomic E-state index is 12.9. The molecule has 0 saturated carbocycles. The van der Waals surface area contributed by atoms with Crippen molar-refractivity contribution in [2.75, 3.05) is 0 Å². The maximum Gasteiger partial charge on any atom is 0.423 e. The summed E-state index contributed by atoms with van der Waals surface area (Å²) in [5.41, 5.74) is 0.935. The van der Waals surface area contributed by atoms with E-state index in [2.05, 4.69) is 10.3 Å². The smallest absolute Gasteiger partial charge is 0.414 e. The van der Waals surface area contributed by atoms with Gasteiger partial charge in [-0.2, -0.15) is 0 Å². The van der Waals surface area contributed by atoms with Gasteiger partial charge in [0.25, 0.3) is 0 Å². The molecule has 7 heteroatoms. The molecule has 2 aliphatic rings. The van der Waals surface area contributed by atoms with Crippen molar-refractivity contribution in [3.8, 4) is 11.3 Å². The highest BCUT2D eigenvalue weighted by Gasteiger charge is 2.23. The van der Waals surface area contributed by atoms with Crippen LogP contribution in [0.1, 0.15) is 63.9 Å². The van der Waals surface area contributed by atoms with Crippen LogP contribution in [0.5, 0.6) is 0 Å². The van der Waals surface area contributed by atoms with Gasteiger partial charge < -0.3 is 14.2 Å². The number of nitrogens with one attached hydrogen (secondary N) is 1. The van der Waals surface area contributed by atoms with E-state index in [0.717, 1.165) is 10.9 Å². The van der Waals surface area contributed by atoms with Crippen molar-refractivity contribution in [3.63, 3.8) is 0 Å². The Kier molecular flexibility index (Phi) is 5.48. The lowest BCUT2D eigenvalue weighted by molar-refractivity contribution is 0.0940. The van der Waals surface area contributed by atoms with E-state index in [0.29, 0.717) is 35.3 Å². The fourth-order valence-electron chi connectivity index (χ4n) is 3.77. The zero-order valence-corrected chi connectivity index (χ0v) is 19.8. The van der Waals surface area contributed by atoms with E-state index in [1.54, 1.807) is 12.1 Å². The molecule has 0 saturated heterocycles. The first kappa shape index (κ1) is 22.9. The fraction of sp³-hybridized carbons (Fsp3) is 0.385. The molecule has 2 heterocycles. The lowest BCUT2D eigenvalue weighted by Gasteiger charge is -2.20. The molecule has 0 unspecified atom stereocenters. The highest BCUT2D eigenvalue weighted by molar-refractivity contribution is 6.10. The van der Waals surface area contributed by atoms with Crippen molar-refractivity contribution < 1.29 is 13.6 Å². The van der Waals surface area contributed by atoms with Gasteiger partial charge in [-0.1, -0.05) is 32.9 Å². The summed E-state index contributed by atoms with van der Waals surface area (Å²) in [5, 5.41) is 4.10. The summed E-state index contributed by atoms with van der Waals surface area (Å²) in [6.45, 7) is 12.5. The van der Waals surface area contributed by atoms with Gasteiger partial charge in [0, 0.05) is 40.6 Å². The summed E-state index contributed by atoms with van der Waals surface area (Å²) in [6.07, 6.45) is 0.411. The van der Waals surface area contributed by atoms with Crippen LogP contribution in [0.4, 0.5) is 0 Å². The number of carbonyl (C=O) groups is 1. The van der Waals surface area contributed by atoms with Crippen molar-refractivity contribution in [1.29, 1.82) is 0 Å². The van der Waals surface area contributed by atoms with Gasteiger partial charge in [-0.3, -0.25) is 4.79 Å². The van der Waals surface area contributed by atoms with Gasteiger partial charge in [0.2, 0.25) is 5.58 Å². The van der Waals surface area contributed by atoms with Crippen molar-refractivity contribution in [2.24, 2.45) is 5.41 Å². The largest absolute Gasteiger partial charge is 0.423 e. The molecule has 1 N–H and O–H groups in total. The predicted molar refractivity (Wildman–Crippen MR) is 128 cm³/mol. The van der Waals surface area contributed by atoms with Crippen LogP contribution in [-0.4, -0.2) is 16.3 Å². The Hall–Kier alpha value is -3.32. The Labute approximate surface area is 191 Å². The molecule has 172 valence electrons. The number of nitrogens with zero attached hydrogens (tertiary/aromatic N) is 1. The zero-order valence-electron chi connectivity index (χ0n) is 19.8. The summed E-state index contributed by atoms with van der Waals surface area (Å²) >= 11 is 0. The summed E-state index contributed by atoms with van der Waals surface area (Å²) in [7, 11) is 0. The average molecular weight is 449 g/mol. The zero-order chi connectivity index (χ0) is 24.1. The normalized spacial score (nSPS) is 12.7. The first-order chi connectivity index (χ1) is 15.3. The lowest BCUT2D eigenvalue weighted by Crippen LogP contribution is -2.35. The van der Waals surface area contributed by atoms with Crippen molar-refractivity contribution in [3.05, 3.63) is 62.3 Å². The lowest BCUT2D eigenvalue weighted by atomic mass is 9.88. The van der Waals surface area contributed by atoms with Crippen LogP contribution in [0.15, 0.2) is 48.8 Å². The Morgan fingerprint density at radius 3 is 2.27 bits per heavy atom. The summed E-state index contributed by atoms with van der Waals surface area (Å²) in [6, 6.07) is 9.13. The SMILES string of the molecule is CC(C)(C)CC(=O)c1cccc2nc3c(cc(CNC(C)(C)C)c4oc(=O)c(=O)oc43)c-2c1. The first-order valence-electron chi connectivity index (χ1n) is 10.9. The van der Waals surface area contributed by atoms with E-state index in [4.69, 9.17) is 8.83 Å². The van der Waals surface area contributed by atoms with Gasteiger partial charge in [0.15, 0.2) is 11.4 Å². The van der Waals surface area contributed by atoms with E-state index >= 15 is 0 Å². The third-order valence-electron chi connectivity index (χ3n) is 5.29. The van der Waals surface area contributed by atoms with Crippen LogP contribution in [0, 0.1) is 5.41 Å². The van der Waals surface area contributed by atoms with Crippen molar-refractivity contribution >= 4 is 27.9 Å². The number of hydrogen-bond donors (Lipinski definition) is 1. The Morgan fingerprint density at radius 2 is 1.64 bits per heavy atom. The summed E-state index contributed by atoms with van der Waals surface area (Å²) in [4.78, 5) is 41.5.